The average molecular weight is 482 g/mol. The molecule has 2 aromatic carbocycles. The Bertz CT molecular complexity index is 1200. The monoisotopic (exact) mass is 481 g/mol. The third kappa shape index (κ3) is 6.13. The molecule has 0 bridgehead atoms. The molecule has 0 radical (unpaired) electrons. The molecule has 1 heterocycles. The van der Waals surface area contributed by atoms with Crippen molar-refractivity contribution in [3.8, 4) is 11.8 Å². The summed E-state index contributed by atoms with van der Waals surface area (Å²) in [7, 11) is 0. The summed E-state index contributed by atoms with van der Waals surface area (Å²) in [5, 5.41) is 14.8. The first-order valence-corrected chi connectivity index (χ1v) is 9.14. The van der Waals surface area contributed by atoms with Crippen molar-refractivity contribution < 1.29 is 32.4 Å². The number of ether oxygens (including phenoxy) is 1. The minimum absolute atomic E-state index is 0.0709. The fourth-order valence-electron chi connectivity index (χ4n) is 2.44. The Kier molecular flexibility index (Phi) is 6.72. The van der Waals surface area contributed by atoms with Crippen LogP contribution in [0.5, 0.6) is 11.8 Å². The maximum absolute atomic E-state index is 13.5. The van der Waals surface area contributed by atoms with E-state index in [0.29, 0.717) is 6.07 Å². The minimum Gasteiger partial charge on any atom is -0.424 e. The number of carbonyl (C=O) groups is 2. The Morgan fingerprint density at radius 3 is 2.27 bits per heavy atom. The lowest BCUT2D eigenvalue weighted by atomic mass is 10.1. The third-order valence-electron chi connectivity index (χ3n) is 3.91. The number of halogens is 4. The summed E-state index contributed by atoms with van der Waals surface area (Å²) in [6, 6.07) is 5.50. The highest BCUT2D eigenvalue weighted by Gasteiger charge is 2.35. The zero-order valence-corrected chi connectivity index (χ0v) is 16.8. The van der Waals surface area contributed by atoms with Gasteiger partial charge in [0.15, 0.2) is 0 Å². The minimum atomic E-state index is -4.86. The van der Waals surface area contributed by atoms with Crippen LogP contribution in [0.2, 0.25) is 5.02 Å². The van der Waals surface area contributed by atoms with E-state index in [1.165, 1.54) is 0 Å². The molecule has 33 heavy (non-hydrogen) atoms. The van der Waals surface area contributed by atoms with Crippen LogP contribution in [-0.2, 0) is 6.18 Å². The summed E-state index contributed by atoms with van der Waals surface area (Å²) in [6.07, 6.45) is -2.58. The number of aromatic nitrogens is 2. The molecule has 10 nitrogen and oxygen atoms in total. The molecule has 170 valence electrons. The molecule has 0 saturated carbocycles. The van der Waals surface area contributed by atoms with Crippen molar-refractivity contribution >= 4 is 34.9 Å². The first kappa shape index (κ1) is 23.4. The number of nitrogens with one attached hydrogen (secondary N) is 2. The van der Waals surface area contributed by atoms with Crippen LogP contribution in [0.3, 0.4) is 0 Å². The van der Waals surface area contributed by atoms with E-state index >= 15 is 0 Å². The molecular weight excluding hydrogens is 471 g/mol. The van der Waals surface area contributed by atoms with Crippen LogP contribution < -0.4 is 15.4 Å². The Labute approximate surface area is 187 Å². The lowest BCUT2D eigenvalue weighted by Gasteiger charge is -2.15. The van der Waals surface area contributed by atoms with Crippen LogP contribution in [0.4, 0.5) is 29.3 Å². The Hall–Kier alpha value is -4.26. The number of amides is 3. The number of urea groups is 1. The van der Waals surface area contributed by atoms with E-state index in [1.54, 1.807) is 0 Å². The fourth-order valence-corrected chi connectivity index (χ4v) is 2.54. The van der Waals surface area contributed by atoms with Crippen molar-refractivity contribution in [2.24, 2.45) is 0 Å². The van der Waals surface area contributed by atoms with Crippen LogP contribution in [0, 0.1) is 10.1 Å². The number of nitrogens with zero attached hydrogens (tertiary/aromatic N) is 3. The van der Waals surface area contributed by atoms with Crippen LogP contribution in [0.15, 0.2) is 54.9 Å². The van der Waals surface area contributed by atoms with E-state index in [-0.39, 0.29) is 28.0 Å². The number of non-ortho nitro benzene ring substituents is 1. The zero-order chi connectivity index (χ0) is 24.2. The molecular formula is C19H11ClF3N5O5. The van der Waals surface area contributed by atoms with E-state index < -0.39 is 34.4 Å². The van der Waals surface area contributed by atoms with Gasteiger partial charge in [0.1, 0.15) is 11.3 Å². The maximum Gasteiger partial charge on any atom is 0.420 e. The Morgan fingerprint density at radius 1 is 1.06 bits per heavy atom. The Balaban J connectivity index is 1.73. The summed E-state index contributed by atoms with van der Waals surface area (Å²) >= 11 is 5.62. The lowest BCUT2D eigenvalue weighted by Crippen LogP contribution is -2.34. The summed E-state index contributed by atoms with van der Waals surface area (Å²) in [4.78, 5) is 41.4. The number of alkyl halides is 3. The fraction of sp³-hybridized carbons (Fsp3) is 0.0526. The Morgan fingerprint density at radius 2 is 1.70 bits per heavy atom. The lowest BCUT2D eigenvalue weighted by molar-refractivity contribution is -0.384. The molecule has 0 fully saturated rings. The molecule has 3 rings (SSSR count). The largest absolute Gasteiger partial charge is 0.424 e. The van der Waals surface area contributed by atoms with E-state index in [9.17, 15) is 32.9 Å². The normalized spacial score (nSPS) is 10.9. The predicted molar refractivity (Wildman–Crippen MR) is 108 cm³/mol. The van der Waals surface area contributed by atoms with Crippen LogP contribution in [-0.4, -0.2) is 26.8 Å². The molecule has 2 N–H and O–H groups in total. The number of imide groups is 1. The molecule has 0 saturated heterocycles. The van der Waals surface area contributed by atoms with Gasteiger partial charge in [0.25, 0.3) is 11.6 Å². The highest BCUT2D eigenvalue weighted by molar-refractivity contribution is 6.30. The number of carbonyl (C=O) groups excluding carboxylic acids is 2. The molecule has 0 spiro atoms. The van der Waals surface area contributed by atoms with E-state index in [2.05, 4.69) is 15.3 Å². The van der Waals surface area contributed by atoms with Gasteiger partial charge >= 0.3 is 18.2 Å². The summed E-state index contributed by atoms with van der Waals surface area (Å²) < 4.78 is 45.5. The molecule has 3 amide bonds. The summed E-state index contributed by atoms with van der Waals surface area (Å²) in [6.45, 7) is 0. The number of nitro benzene ring substituents is 1. The van der Waals surface area contributed by atoms with Crippen LogP contribution >= 0.6 is 11.6 Å². The number of nitro groups is 1. The molecule has 14 heteroatoms. The third-order valence-corrected chi connectivity index (χ3v) is 4.10. The van der Waals surface area contributed by atoms with Crippen LogP contribution in [0.25, 0.3) is 0 Å². The molecule has 0 aliphatic rings. The van der Waals surface area contributed by atoms with Crippen LogP contribution in [0.1, 0.15) is 15.9 Å². The molecule has 0 unspecified atom stereocenters. The van der Waals surface area contributed by atoms with Gasteiger partial charge in [-0.05, 0) is 30.3 Å². The van der Waals surface area contributed by atoms with Crippen molar-refractivity contribution in [2.75, 3.05) is 5.32 Å². The number of hydrogen-bond donors (Lipinski definition) is 2. The second-order valence-electron chi connectivity index (χ2n) is 6.21. The van der Waals surface area contributed by atoms with E-state index in [0.717, 1.165) is 48.8 Å². The molecule has 0 atom stereocenters. The quantitative estimate of drug-likeness (QED) is 0.394. The van der Waals surface area contributed by atoms with Gasteiger partial charge in [-0.15, -0.1) is 0 Å². The standard InChI is InChI=1S/C19H11ClF3N5O5/c20-11-8-24-18(25-9-11)33-15-6-3-12(7-14(15)19(21,22)23)26-17(30)27-16(29)10-1-4-13(5-2-10)28(31)32/h1-9H,(H2,26,27,29,30). The molecule has 1 aromatic heterocycles. The van der Waals surface area contributed by atoms with Crippen molar-refractivity contribution in [3.63, 3.8) is 0 Å². The van der Waals surface area contributed by atoms with E-state index in [4.69, 9.17) is 16.3 Å². The average Bonchev–Trinajstić information content (AvgIpc) is 2.75. The smallest absolute Gasteiger partial charge is 0.420 e. The first-order valence-electron chi connectivity index (χ1n) is 8.76. The van der Waals surface area contributed by atoms with Crippen molar-refractivity contribution in [1.82, 2.24) is 15.3 Å². The molecule has 3 aromatic rings. The van der Waals surface area contributed by atoms with Gasteiger partial charge < -0.3 is 10.1 Å². The summed E-state index contributed by atoms with van der Waals surface area (Å²) in [5.74, 6) is -1.55. The molecule has 0 aliphatic heterocycles. The second kappa shape index (κ2) is 9.48. The first-order chi connectivity index (χ1) is 15.5. The van der Waals surface area contributed by atoms with Gasteiger partial charge in [-0.2, -0.15) is 13.2 Å². The summed E-state index contributed by atoms with van der Waals surface area (Å²) in [5.41, 5.74) is -1.86. The number of rotatable bonds is 5. The van der Waals surface area contributed by atoms with Gasteiger partial charge in [-0.25, -0.2) is 14.8 Å². The topological polar surface area (TPSA) is 136 Å². The van der Waals surface area contributed by atoms with Gasteiger partial charge in [0, 0.05) is 23.4 Å². The predicted octanol–water partition coefficient (Wildman–Crippen LogP) is 4.81. The number of hydrogen-bond acceptors (Lipinski definition) is 7. The second-order valence-corrected chi connectivity index (χ2v) is 6.64. The zero-order valence-electron chi connectivity index (χ0n) is 16.1. The number of benzene rings is 2. The number of anilines is 1. The SMILES string of the molecule is O=C(NC(=O)c1ccc([N+](=O)[O-])cc1)Nc1ccc(Oc2ncc(Cl)cn2)c(C(F)(F)F)c1. The highest BCUT2D eigenvalue weighted by atomic mass is 35.5. The van der Waals surface area contributed by atoms with Crippen molar-refractivity contribution in [2.45, 2.75) is 6.18 Å². The van der Waals surface area contributed by atoms with Crippen molar-refractivity contribution in [3.05, 3.63) is 81.1 Å². The van der Waals surface area contributed by atoms with Gasteiger partial charge in [-0.1, -0.05) is 11.6 Å². The van der Waals surface area contributed by atoms with Gasteiger partial charge in [0.2, 0.25) is 0 Å². The van der Waals surface area contributed by atoms with Gasteiger partial charge in [0.05, 0.1) is 22.3 Å². The van der Waals surface area contributed by atoms with E-state index in [1.807, 2.05) is 5.32 Å². The highest BCUT2D eigenvalue weighted by Crippen LogP contribution is 2.39. The maximum atomic E-state index is 13.5. The van der Waals surface area contributed by atoms with Gasteiger partial charge in [-0.3, -0.25) is 20.2 Å². The molecule has 0 aliphatic carbocycles. The van der Waals surface area contributed by atoms with Crippen molar-refractivity contribution in [1.29, 1.82) is 0 Å².